The van der Waals surface area contributed by atoms with Crippen molar-refractivity contribution < 1.29 is 13.2 Å². The van der Waals surface area contributed by atoms with E-state index in [9.17, 15) is 8.42 Å². The summed E-state index contributed by atoms with van der Waals surface area (Å²) in [5, 5.41) is 0. The number of rotatable bonds is 6. The molecule has 0 saturated heterocycles. The van der Waals surface area contributed by atoms with Gasteiger partial charge in [0.05, 0.1) is 17.8 Å². The van der Waals surface area contributed by atoms with Crippen LogP contribution in [0.5, 0.6) is 5.75 Å². The Morgan fingerprint density at radius 1 is 0.968 bits per heavy atom. The molecular weight excluding hydrogens is 404 g/mol. The first kappa shape index (κ1) is 20.8. The lowest BCUT2D eigenvalue weighted by molar-refractivity contribution is -0.00500. The van der Waals surface area contributed by atoms with Gasteiger partial charge in [0, 0.05) is 5.56 Å². The van der Waals surface area contributed by atoms with Gasteiger partial charge in [0.15, 0.2) is 9.84 Å². The van der Waals surface area contributed by atoms with Gasteiger partial charge in [0.1, 0.15) is 5.75 Å². The molecule has 0 N–H and O–H groups in total. The largest absolute Gasteiger partial charge is 0.497 e. The lowest BCUT2D eigenvalue weighted by Gasteiger charge is -2.57. The number of ether oxygens (including phenoxy) is 1. The van der Waals surface area contributed by atoms with E-state index in [4.69, 9.17) is 4.74 Å². The van der Waals surface area contributed by atoms with Crippen LogP contribution in [0.2, 0.25) is 0 Å². The molecule has 0 amide bonds. The normalized spacial score (nSPS) is 29.5. The lowest BCUT2D eigenvalue weighted by atomic mass is 9.47. The van der Waals surface area contributed by atoms with E-state index in [1.54, 1.807) is 13.2 Å². The van der Waals surface area contributed by atoms with Crippen LogP contribution in [-0.4, -0.2) is 21.3 Å². The molecule has 4 saturated carbocycles. The van der Waals surface area contributed by atoms with E-state index in [0.29, 0.717) is 4.90 Å². The summed E-state index contributed by atoms with van der Waals surface area (Å²) in [4.78, 5) is 0.476. The van der Waals surface area contributed by atoms with Gasteiger partial charge in [0.25, 0.3) is 0 Å². The highest BCUT2D eigenvalue weighted by atomic mass is 32.2. The first-order chi connectivity index (χ1) is 14.9. The first-order valence-electron chi connectivity index (χ1n) is 11.6. The third kappa shape index (κ3) is 3.63. The minimum absolute atomic E-state index is 0.0387. The van der Waals surface area contributed by atoms with Crippen LogP contribution in [0.25, 0.3) is 11.1 Å². The van der Waals surface area contributed by atoms with Gasteiger partial charge in [-0.25, -0.2) is 8.42 Å². The Labute approximate surface area is 186 Å². The van der Waals surface area contributed by atoms with Crippen LogP contribution >= 0.6 is 0 Å². The van der Waals surface area contributed by atoms with Gasteiger partial charge < -0.3 is 4.74 Å². The van der Waals surface area contributed by atoms with Crippen LogP contribution in [0.3, 0.4) is 0 Å². The SMILES string of the molecule is CC=CCS(=O)(=O)c1cccc(C23CC4CC(CC(C4)C2)C3)c1-c1ccc(OC)cc1. The maximum Gasteiger partial charge on any atom is 0.182 e. The van der Waals surface area contributed by atoms with E-state index in [2.05, 4.69) is 6.07 Å². The van der Waals surface area contributed by atoms with Crippen LogP contribution in [-0.2, 0) is 15.3 Å². The highest BCUT2D eigenvalue weighted by Gasteiger charge is 2.52. The van der Waals surface area contributed by atoms with Gasteiger partial charge in [-0.2, -0.15) is 0 Å². The molecule has 31 heavy (non-hydrogen) atoms. The molecular formula is C27H32O3S. The zero-order chi connectivity index (χ0) is 21.6. The summed E-state index contributed by atoms with van der Waals surface area (Å²) < 4.78 is 32.2. The van der Waals surface area contributed by atoms with E-state index < -0.39 is 9.84 Å². The van der Waals surface area contributed by atoms with Crippen molar-refractivity contribution in [2.24, 2.45) is 17.8 Å². The van der Waals surface area contributed by atoms with Crippen molar-refractivity contribution in [3.63, 3.8) is 0 Å². The second-order valence-corrected chi connectivity index (χ2v) is 12.0. The summed E-state index contributed by atoms with van der Waals surface area (Å²) in [7, 11) is -1.77. The average molecular weight is 437 g/mol. The summed E-state index contributed by atoms with van der Waals surface area (Å²) in [6, 6.07) is 13.9. The van der Waals surface area contributed by atoms with Crippen molar-refractivity contribution in [3.05, 3.63) is 60.2 Å². The molecule has 4 fully saturated rings. The van der Waals surface area contributed by atoms with E-state index >= 15 is 0 Å². The minimum atomic E-state index is -3.43. The molecule has 2 aromatic rings. The number of allylic oxidation sites excluding steroid dienone is 1. The molecule has 3 nitrogen and oxygen atoms in total. The Kier molecular flexibility index (Phi) is 5.24. The van der Waals surface area contributed by atoms with Gasteiger partial charge in [-0.15, -0.1) is 0 Å². The lowest BCUT2D eigenvalue weighted by Crippen LogP contribution is -2.48. The standard InChI is InChI=1S/C27H32O3S/c1-3-4-12-31(28,29)25-7-5-6-24(26(25)22-8-10-23(30-2)11-9-22)27-16-19-13-20(17-27)15-21(14-19)18-27/h3-11,19-21H,12-18H2,1-2H3. The van der Waals surface area contributed by atoms with Crippen LogP contribution in [0.15, 0.2) is 59.5 Å². The van der Waals surface area contributed by atoms with Crippen LogP contribution in [0.1, 0.15) is 51.0 Å². The van der Waals surface area contributed by atoms with Gasteiger partial charge >= 0.3 is 0 Å². The van der Waals surface area contributed by atoms with Crippen molar-refractivity contribution in [2.45, 2.75) is 55.8 Å². The van der Waals surface area contributed by atoms with Crippen LogP contribution in [0.4, 0.5) is 0 Å². The molecule has 0 heterocycles. The minimum Gasteiger partial charge on any atom is -0.497 e. The zero-order valence-corrected chi connectivity index (χ0v) is 19.3. The predicted octanol–water partition coefficient (Wildman–Crippen LogP) is 6.18. The molecule has 4 heteroatoms. The van der Waals surface area contributed by atoms with Crippen LogP contribution < -0.4 is 4.74 Å². The third-order valence-corrected chi connectivity index (χ3v) is 9.54. The van der Waals surface area contributed by atoms with Gasteiger partial charge in [-0.1, -0.05) is 36.4 Å². The summed E-state index contributed by atoms with van der Waals surface area (Å²) in [5.74, 6) is 3.24. The molecule has 2 aromatic carbocycles. The van der Waals surface area contributed by atoms with E-state index in [1.807, 2.05) is 49.4 Å². The predicted molar refractivity (Wildman–Crippen MR) is 125 cm³/mol. The fraction of sp³-hybridized carbons (Fsp3) is 0.481. The summed E-state index contributed by atoms with van der Waals surface area (Å²) in [6.07, 6.45) is 11.3. The maximum absolute atomic E-state index is 13.4. The van der Waals surface area contributed by atoms with Gasteiger partial charge in [-0.05, 0) is 97.9 Å². The second-order valence-electron chi connectivity index (χ2n) is 9.96. The molecule has 4 aliphatic carbocycles. The fourth-order valence-corrected chi connectivity index (χ4v) is 8.49. The smallest absolute Gasteiger partial charge is 0.182 e. The molecule has 6 rings (SSSR count). The molecule has 0 spiro atoms. The van der Waals surface area contributed by atoms with Crippen molar-refractivity contribution in [2.75, 3.05) is 12.9 Å². The number of hydrogen-bond acceptors (Lipinski definition) is 3. The van der Waals surface area contributed by atoms with Crippen molar-refractivity contribution in [1.82, 2.24) is 0 Å². The average Bonchev–Trinajstić information content (AvgIpc) is 2.76. The molecule has 0 atom stereocenters. The van der Waals surface area contributed by atoms with Crippen molar-refractivity contribution >= 4 is 9.84 Å². The Bertz CT molecular complexity index is 1060. The van der Waals surface area contributed by atoms with Crippen LogP contribution in [0, 0.1) is 17.8 Å². The zero-order valence-electron chi connectivity index (χ0n) is 18.5. The Hall–Kier alpha value is -2.07. The Morgan fingerprint density at radius 2 is 1.58 bits per heavy atom. The topological polar surface area (TPSA) is 43.4 Å². The molecule has 0 unspecified atom stereocenters. The number of hydrogen-bond donors (Lipinski definition) is 0. The highest BCUT2D eigenvalue weighted by Crippen LogP contribution is 2.62. The van der Waals surface area contributed by atoms with Gasteiger partial charge in [-0.3, -0.25) is 0 Å². The number of benzene rings is 2. The van der Waals surface area contributed by atoms with E-state index in [-0.39, 0.29) is 11.2 Å². The maximum atomic E-state index is 13.4. The number of sulfone groups is 1. The molecule has 0 radical (unpaired) electrons. The molecule has 0 aromatic heterocycles. The summed E-state index contributed by atoms with van der Waals surface area (Å²) in [5.41, 5.74) is 3.29. The highest BCUT2D eigenvalue weighted by molar-refractivity contribution is 7.91. The van der Waals surface area contributed by atoms with Crippen molar-refractivity contribution in [3.8, 4) is 16.9 Å². The summed E-state index contributed by atoms with van der Waals surface area (Å²) in [6.45, 7) is 1.87. The van der Waals surface area contributed by atoms with Gasteiger partial charge in [0.2, 0.25) is 0 Å². The molecule has 4 bridgehead atoms. The Morgan fingerprint density at radius 3 is 2.13 bits per heavy atom. The van der Waals surface area contributed by atoms with E-state index in [1.165, 1.54) is 44.1 Å². The fourth-order valence-electron chi connectivity index (χ4n) is 7.04. The molecule has 0 aliphatic heterocycles. The van der Waals surface area contributed by atoms with E-state index in [0.717, 1.165) is 34.6 Å². The second kappa shape index (κ2) is 7.81. The molecule has 4 aliphatic rings. The first-order valence-corrected chi connectivity index (χ1v) is 13.2. The Balaban J connectivity index is 1.71. The monoisotopic (exact) mass is 436 g/mol. The molecule has 164 valence electrons. The third-order valence-electron chi connectivity index (χ3n) is 7.90. The number of methoxy groups -OCH3 is 1. The quantitative estimate of drug-likeness (QED) is 0.508. The summed E-state index contributed by atoms with van der Waals surface area (Å²) >= 11 is 0. The van der Waals surface area contributed by atoms with Crippen molar-refractivity contribution in [1.29, 1.82) is 0 Å².